The molecule has 2 rings (SSSR count). The number of hydrogen-bond donors (Lipinski definition) is 0. The van der Waals surface area contributed by atoms with Crippen LogP contribution in [0.2, 0.25) is 0 Å². The molecule has 0 bridgehead atoms. The fourth-order valence-electron chi connectivity index (χ4n) is 1.64. The first kappa shape index (κ1) is 13.3. The summed E-state index contributed by atoms with van der Waals surface area (Å²) in [6.07, 6.45) is 0.707. The molecule has 5 nitrogen and oxygen atoms in total. The maximum absolute atomic E-state index is 10.7. The molecule has 1 aromatic carbocycles. The molecule has 0 atom stereocenters. The summed E-state index contributed by atoms with van der Waals surface area (Å²) in [4.78, 5) is 10.7. The van der Waals surface area contributed by atoms with Crippen LogP contribution in [0.3, 0.4) is 0 Å². The molecule has 0 saturated heterocycles. The van der Waals surface area contributed by atoms with Gasteiger partial charge in [0.2, 0.25) is 0 Å². The predicted octanol–water partition coefficient (Wildman–Crippen LogP) is 2.42. The van der Waals surface area contributed by atoms with Gasteiger partial charge in [-0.15, -0.1) is 5.10 Å². The fourth-order valence-corrected chi connectivity index (χ4v) is 1.64. The number of aromatic nitrogens is 3. The lowest BCUT2D eigenvalue weighted by molar-refractivity contribution is 0.111. The van der Waals surface area contributed by atoms with Crippen LogP contribution in [-0.4, -0.2) is 27.9 Å². The van der Waals surface area contributed by atoms with Crippen LogP contribution in [0.25, 0.3) is 5.69 Å². The molecule has 0 saturated carbocycles. The van der Waals surface area contributed by atoms with Gasteiger partial charge in [-0.3, -0.25) is 4.79 Å². The standard InChI is InChI=1S/C14H17N3O2/c1-10(2)9-19-13-6-4-12(5-7-13)17-11(3)14(8-18)15-16-17/h4-8,10H,9H2,1-3H3. The molecule has 2 aromatic rings. The average Bonchev–Trinajstić information content (AvgIpc) is 2.78. The van der Waals surface area contributed by atoms with Gasteiger partial charge in [-0.05, 0) is 37.1 Å². The van der Waals surface area contributed by atoms with Crippen LogP contribution >= 0.6 is 0 Å². The Morgan fingerprint density at radius 1 is 1.32 bits per heavy atom. The zero-order valence-electron chi connectivity index (χ0n) is 11.3. The van der Waals surface area contributed by atoms with Crippen molar-refractivity contribution in [3.8, 4) is 11.4 Å². The lowest BCUT2D eigenvalue weighted by atomic mass is 10.2. The van der Waals surface area contributed by atoms with Crippen molar-refractivity contribution in [3.05, 3.63) is 35.7 Å². The van der Waals surface area contributed by atoms with Gasteiger partial charge in [0.1, 0.15) is 11.4 Å². The third-order valence-corrected chi connectivity index (χ3v) is 2.71. The summed E-state index contributed by atoms with van der Waals surface area (Å²) in [7, 11) is 0. The number of aldehydes is 1. The Balaban J connectivity index is 2.17. The summed E-state index contributed by atoms with van der Waals surface area (Å²) in [6.45, 7) is 6.71. The van der Waals surface area contributed by atoms with Crippen LogP contribution in [0.5, 0.6) is 5.75 Å². The van der Waals surface area contributed by atoms with Crippen molar-refractivity contribution in [2.75, 3.05) is 6.61 Å². The normalized spacial score (nSPS) is 10.7. The molecule has 0 aliphatic rings. The second kappa shape index (κ2) is 5.65. The van der Waals surface area contributed by atoms with E-state index in [1.807, 2.05) is 31.2 Å². The average molecular weight is 259 g/mol. The molecule has 1 heterocycles. The number of carbonyl (C=O) groups excluding carboxylic acids is 1. The van der Waals surface area contributed by atoms with Crippen LogP contribution in [0.15, 0.2) is 24.3 Å². The van der Waals surface area contributed by atoms with Gasteiger partial charge in [-0.2, -0.15) is 0 Å². The smallest absolute Gasteiger partial charge is 0.172 e. The Labute approximate surface area is 112 Å². The van der Waals surface area contributed by atoms with Crippen molar-refractivity contribution < 1.29 is 9.53 Å². The van der Waals surface area contributed by atoms with E-state index in [1.54, 1.807) is 4.68 Å². The van der Waals surface area contributed by atoms with E-state index in [0.717, 1.165) is 17.1 Å². The molecule has 19 heavy (non-hydrogen) atoms. The first-order chi connectivity index (χ1) is 9.11. The number of nitrogens with zero attached hydrogens (tertiary/aromatic N) is 3. The molecule has 0 N–H and O–H groups in total. The van der Waals surface area contributed by atoms with Crippen LogP contribution in [0.1, 0.15) is 30.0 Å². The monoisotopic (exact) mass is 259 g/mol. The van der Waals surface area contributed by atoms with E-state index >= 15 is 0 Å². The number of benzene rings is 1. The maximum atomic E-state index is 10.7. The van der Waals surface area contributed by atoms with Gasteiger partial charge >= 0.3 is 0 Å². The lowest BCUT2D eigenvalue weighted by Crippen LogP contribution is -2.05. The van der Waals surface area contributed by atoms with Crippen LogP contribution in [-0.2, 0) is 0 Å². The summed E-state index contributed by atoms with van der Waals surface area (Å²) in [5.41, 5.74) is 1.95. The Hall–Kier alpha value is -2.17. The second-order valence-electron chi connectivity index (χ2n) is 4.79. The van der Waals surface area contributed by atoms with E-state index in [4.69, 9.17) is 4.74 Å². The van der Waals surface area contributed by atoms with Gasteiger partial charge in [0.25, 0.3) is 0 Å². The molecular formula is C14H17N3O2. The molecule has 0 fully saturated rings. The number of rotatable bonds is 5. The highest BCUT2D eigenvalue weighted by atomic mass is 16.5. The molecule has 0 amide bonds. The van der Waals surface area contributed by atoms with Crippen molar-refractivity contribution in [2.45, 2.75) is 20.8 Å². The van der Waals surface area contributed by atoms with Gasteiger partial charge in [0.15, 0.2) is 6.29 Å². The first-order valence-corrected chi connectivity index (χ1v) is 6.22. The van der Waals surface area contributed by atoms with Gasteiger partial charge in [-0.25, -0.2) is 4.68 Å². The van der Waals surface area contributed by atoms with E-state index in [-0.39, 0.29) is 0 Å². The topological polar surface area (TPSA) is 57.0 Å². The van der Waals surface area contributed by atoms with E-state index in [1.165, 1.54) is 0 Å². The van der Waals surface area contributed by atoms with E-state index in [2.05, 4.69) is 24.2 Å². The molecule has 0 unspecified atom stereocenters. The van der Waals surface area contributed by atoms with Crippen LogP contribution in [0.4, 0.5) is 0 Å². The van der Waals surface area contributed by atoms with Gasteiger partial charge in [-0.1, -0.05) is 19.1 Å². The van der Waals surface area contributed by atoms with Crippen LogP contribution < -0.4 is 4.74 Å². The minimum Gasteiger partial charge on any atom is -0.493 e. The van der Waals surface area contributed by atoms with Crippen molar-refractivity contribution in [1.29, 1.82) is 0 Å². The first-order valence-electron chi connectivity index (χ1n) is 6.22. The quantitative estimate of drug-likeness (QED) is 0.774. The summed E-state index contributed by atoms with van der Waals surface area (Å²) in [5, 5.41) is 7.76. The zero-order chi connectivity index (χ0) is 13.8. The molecule has 0 aliphatic heterocycles. The van der Waals surface area contributed by atoms with E-state index in [9.17, 15) is 4.79 Å². The Morgan fingerprint density at radius 2 is 2.00 bits per heavy atom. The molecule has 0 spiro atoms. The summed E-state index contributed by atoms with van der Waals surface area (Å²) in [5.74, 6) is 1.32. The highest BCUT2D eigenvalue weighted by Gasteiger charge is 2.09. The highest BCUT2D eigenvalue weighted by Crippen LogP contribution is 2.17. The van der Waals surface area contributed by atoms with Gasteiger partial charge in [0.05, 0.1) is 18.0 Å². The summed E-state index contributed by atoms with van der Waals surface area (Å²) < 4.78 is 7.25. The molecule has 0 radical (unpaired) electrons. The Kier molecular flexibility index (Phi) is 3.94. The minimum atomic E-state index is 0.361. The molecule has 1 aromatic heterocycles. The SMILES string of the molecule is Cc1c(C=O)nnn1-c1ccc(OCC(C)C)cc1. The Bertz CT molecular complexity index is 559. The van der Waals surface area contributed by atoms with Crippen molar-refractivity contribution >= 4 is 6.29 Å². The van der Waals surface area contributed by atoms with E-state index in [0.29, 0.717) is 24.5 Å². The van der Waals surface area contributed by atoms with Crippen molar-refractivity contribution in [1.82, 2.24) is 15.0 Å². The molecule has 100 valence electrons. The molecule has 0 aliphatic carbocycles. The number of ether oxygens (including phenoxy) is 1. The summed E-state index contributed by atoms with van der Waals surface area (Å²) in [6, 6.07) is 7.57. The predicted molar refractivity (Wildman–Crippen MR) is 71.8 cm³/mol. The lowest BCUT2D eigenvalue weighted by Gasteiger charge is -2.09. The van der Waals surface area contributed by atoms with Crippen molar-refractivity contribution in [3.63, 3.8) is 0 Å². The third-order valence-electron chi connectivity index (χ3n) is 2.71. The second-order valence-corrected chi connectivity index (χ2v) is 4.79. The Morgan fingerprint density at radius 3 is 2.53 bits per heavy atom. The fraction of sp³-hybridized carbons (Fsp3) is 0.357. The third kappa shape index (κ3) is 2.99. The number of hydrogen-bond acceptors (Lipinski definition) is 4. The molecule has 5 heteroatoms. The highest BCUT2D eigenvalue weighted by molar-refractivity contribution is 5.73. The largest absolute Gasteiger partial charge is 0.493 e. The summed E-state index contributed by atoms with van der Waals surface area (Å²) >= 11 is 0. The maximum Gasteiger partial charge on any atom is 0.172 e. The van der Waals surface area contributed by atoms with Crippen molar-refractivity contribution in [2.24, 2.45) is 5.92 Å². The van der Waals surface area contributed by atoms with Gasteiger partial charge < -0.3 is 4.74 Å². The zero-order valence-corrected chi connectivity index (χ0v) is 11.3. The van der Waals surface area contributed by atoms with E-state index < -0.39 is 0 Å². The molecular weight excluding hydrogens is 242 g/mol. The minimum absolute atomic E-state index is 0.361. The van der Waals surface area contributed by atoms with Crippen LogP contribution in [0, 0.1) is 12.8 Å². The van der Waals surface area contributed by atoms with Gasteiger partial charge in [0, 0.05) is 0 Å². The number of carbonyl (C=O) groups is 1.